The molecule has 0 saturated heterocycles. The summed E-state index contributed by atoms with van der Waals surface area (Å²) in [5.41, 5.74) is 3.10. The Labute approximate surface area is 104 Å². The van der Waals surface area contributed by atoms with Crippen molar-refractivity contribution in [3.05, 3.63) is 41.9 Å². The predicted octanol–water partition coefficient (Wildman–Crippen LogP) is 1.38. The summed E-state index contributed by atoms with van der Waals surface area (Å²) in [5, 5.41) is 11.7. The van der Waals surface area contributed by atoms with Crippen LogP contribution in [0.15, 0.2) is 30.7 Å². The van der Waals surface area contributed by atoms with Gasteiger partial charge in [-0.1, -0.05) is 6.07 Å². The maximum atomic E-state index is 4.39. The lowest BCUT2D eigenvalue weighted by molar-refractivity contribution is 0.767. The molecule has 0 aliphatic rings. The van der Waals surface area contributed by atoms with E-state index < -0.39 is 0 Å². The van der Waals surface area contributed by atoms with Gasteiger partial charge in [-0.25, -0.2) is 4.52 Å². The molecule has 0 radical (unpaired) electrons. The van der Waals surface area contributed by atoms with Crippen molar-refractivity contribution in [3.63, 3.8) is 0 Å². The van der Waals surface area contributed by atoms with Crippen molar-refractivity contribution >= 4 is 11.6 Å². The smallest absolute Gasteiger partial charge is 0.243 e. The Kier molecular flexibility index (Phi) is 2.47. The average molecular weight is 242 g/mol. The topological polar surface area (TPSA) is 60.0 Å². The number of pyridine rings is 1. The van der Waals surface area contributed by atoms with Gasteiger partial charge in [-0.3, -0.25) is 4.68 Å². The molecule has 3 aromatic heterocycles. The lowest BCUT2D eigenvalue weighted by Crippen LogP contribution is -2.00. The molecule has 0 aliphatic heterocycles. The minimum absolute atomic E-state index is 0.629. The van der Waals surface area contributed by atoms with E-state index in [1.807, 2.05) is 44.7 Å². The van der Waals surface area contributed by atoms with E-state index in [0.717, 1.165) is 16.8 Å². The minimum atomic E-state index is 0.629. The van der Waals surface area contributed by atoms with Crippen LogP contribution >= 0.6 is 0 Å². The molecule has 0 spiro atoms. The molecule has 92 valence electrons. The second kappa shape index (κ2) is 4.14. The third-order valence-corrected chi connectivity index (χ3v) is 2.69. The zero-order valence-corrected chi connectivity index (χ0v) is 10.3. The maximum Gasteiger partial charge on any atom is 0.243 e. The van der Waals surface area contributed by atoms with Crippen molar-refractivity contribution in [2.75, 3.05) is 5.32 Å². The molecule has 0 atom stereocenters. The van der Waals surface area contributed by atoms with E-state index in [1.54, 1.807) is 9.20 Å². The Bertz CT molecular complexity index is 681. The highest BCUT2D eigenvalue weighted by Crippen LogP contribution is 2.08. The van der Waals surface area contributed by atoms with Crippen LogP contribution in [0.3, 0.4) is 0 Å². The lowest BCUT2D eigenvalue weighted by Gasteiger charge is -1.96. The average Bonchev–Trinajstić information content (AvgIpc) is 2.92. The number of rotatable bonds is 3. The van der Waals surface area contributed by atoms with E-state index in [0.29, 0.717) is 12.5 Å². The molecular formula is C12H14N6. The van der Waals surface area contributed by atoms with Gasteiger partial charge in [-0.2, -0.15) is 10.1 Å². The fourth-order valence-electron chi connectivity index (χ4n) is 1.81. The van der Waals surface area contributed by atoms with Crippen molar-refractivity contribution in [1.29, 1.82) is 0 Å². The fraction of sp³-hybridized carbons (Fsp3) is 0.250. The molecule has 18 heavy (non-hydrogen) atoms. The Morgan fingerprint density at radius 1 is 1.28 bits per heavy atom. The predicted molar refractivity (Wildman–Crippen MR) is 68.3 cm³/mol. The summed E-state index contributed by atoms with van der Waals surface area (Å²) in [6.07, 6.45) is 5.75. The minimum Gasteiger partial charge on any atom is -0.349 e. The molecule has 6 heteroatoms. The van der Waals surface area contributed by atoms with Gasteiger partial charge in [0.2, 0.25) is 5.95 Å². The van der Waals surface area contributed by atoms with Crippen LogP contribution < -0.4 is 5.32 Å². The summed E-state index contributed by atoms with van der Waals surface area (Å²) in [4.78, 5) is 4.39. The number of hydrogen-bond acceptors (Lipinski definition) is 4. The van der Waals surface area contributed by atoms with Gasteiger partial charge in [0.25, 0.3) is 0 Å². The van der Waals surface area contributed by atoms with Gasteiger partial charge in [-0.05, 0) is 18.6 Å². The first-order chi connectivity index (χ1) is 8.70. The van der Waals surface area contributed by atoms with Crippen LogP contribution in [0, 0.1) is 6.92 Å². The molecule has 0 fully saturated rings. The molecule has 0 bridgehead atoms. The number of aromatic nitrogens is 5. The van der Waals surface area contributed by atoms with Crippen LogP contribution in [0.2, 0.25) is 0 Å². The second-order valence-corrected chi connectivity index (χ2v) is 4.32. The van der Waals surface area contributed by atoms with Gasteiger partial charge in [0.1, 0.15) is 0 Å². The monoisotopic (exact) mass is 242 g/mol. The highest BCUT2D eigenvalue weighted by Gasteiger charge is 2.03. The van der Waals surface area contributed by atoms with Crippen LogP contribution in [0.5, 0.6) is 0 Å². The summed E-state index contributed by atoms with van der Waals surface area (Å²) in [7, 11) is 1.90. The van der Waals surface area contributed by atoms with Crippen LogP contribution in [0.4, 0.5) is 5.95 Å². The highest BCUT2D eigenvalue weighted by atomic mass is 15.3. The summed E-state index contributed by atoms with van der Waals surface area (Å²) >= 11 is 0. The van der Waals surface area contributed by atoms with Crippen LogP contribution in [-0.2, 0) is 13.6 Å². The number of aryl methyl sites for hydroxylation is 2. The highest BCUT2D eigenvalue weighted by molar-refractivity contribution is 5.44. The van der Waals surface area contributed by atoms with Gasteiger partial charge in [0.05, 0.1) is 6.20 Å². The first-order valence-corrected chi connectivity index (χ1v) is 5.75. The normalized spacial score (nSPS) is 11.0. The third-order valence-electron chi connectivity index (χ3n) is 2.69. The molecular weight excluding hydrogens is 228 g/mol. The first kappa shape index (κ1) is 10.8. The Balaban J connectivity index is 1.78. The number of nitrogens with zero attached hydrogens (tertiary/aromatic N) is 5. The maximum absolute atomic E-state index is 4.39. The largest absolute Gasteiger partial charge is 0.349 e. The van der Waals surface area contributed by atoms with E-state index in [4.69, 9.17) is 0 Å². The SMILES string of the molecule is Cc1ccc2nc(NCc3cnn(C)c3)nn2c1. The Hall–Kier alpha value is -2.37. The van der Waals surface area contributed by atoms with E-state index in [1.165, 1.54) is 0 Å². The van der Waals surface area contributed by atoms with Gasteiger partial charge >= 0.3 is 0 Å². The summed E-state index contributed by atoms with van der Waals surface area (Å²) in [5.74, 6) is 0.629. The fourth-order valence-corrected chi connectivity index (χ4v) is 1.81. The van der Waals surface area contributed by atoms with Crippen LogP contribution in [-0.4, -0.2) is 24.4 Å². The molecule has 0 unspecified atom stereocenters. The quantitative estimate of drug-likeness (QED) is 0.754. The molecule has 0 aliphatic carbocycles. The van der Waals surface area contributed by atoms with Crippen molar-refractivity contribution < 1.29 is 0 Å². The Morgan fingerprint density at radius 2 is 2.17 bits per heavy atom. The zero-order valence-electron chi connectivity index (χ0n) is 10.3. The molecule has 3 rings (SSSR count). The van der Waals surface area contributed by atoms with Gasteiger partial charge in [-0.15, -0.1) is 5.10 Å². The van der Waals surface area contributed by atoms with Crippen molar-refractivity contribution in [2.45, 2.75) is 13.5 Å². The van der Waals surface area contributed by atoms with Crippen LogP contribution in [0.1, 0.15) is 11.1 Å². The molecule has 3 heterocycles. The van der Waals surface area contributed by atoms with E-state index in [-0.39, 0.29) is 0 Å². The third kappa shape index (κ3) is 2.04. The van der Waals surface area contributed by atoms with Gasteiger partial charge in [0, 0.05) is 31.5 Å². The summed E-state index contributed by atoms with van der Waals surface area (Å²) < 4.78 is 3.55. The number of anilines is 1. The molecule has 1 N–H and O–H groups in total. The standard InChI is InChI=1S/C12H14N6/c1-9-3-4-11-15-12(16-18(11)7-9)13-5-10-6-14-17(2)8-10/h3-4,6-8H,5H2,1-2H3,(H,13,16). The molecule has 0 amide bonds. The molecule has 0 saturated carbocycles. The first-order valence-electron chi connectivity index (χ1n) is 5.75. The summed E-state index contributed by atoms with van der Waals surface area (Å²) in [6.45, 7) is 2.70. The number of nitrogens with one attached hydrogen (secondary N) is 1. The lowest BCUT2D eigenvalue weighted by atomic mass is 10.3. The van der Waals surface area contributed by atoms with E-state index in [2.05, 4.69) is 20.5 Å². The second-order valence-electron chi connectivity index (χ2n) is 4.32. The van der Waals surface area contributed by atoms with Crippen molar-refractivity contribution in [1.82, 2.24) is 24.4 Å². The molecule has 0 aromatic carbocycles. The number of fused-ring (bicyclic) bond motifs is 1. The molecule has 6 nitrogen and oxygen atoms in total. The van der Waals surface area contributed by atoms with E-state index >= 15 is 0 Å². The van der Waals surface area contributed by atoms with Gasteiger partial charge in [0.15, 0.2) is 5.65 Å². The van der Waals surface area contributed by atoms with E-state index in [9.17, 15) is 0 Å². The van der Waals surface area contributed by atoms with Crippen molar-refractivity contribution in [2.24, 2.45) is 7.05 Å². The molecule has 3 aromatic rings. The van der Waals surface area contributed by atoms with Gasteiger partial charge < -0.3 is 5.32 Å². The zero-order chi connectivity index (χ0) is 12.5. The Morgan fingerprint density at radius 3 is 2.94 bits per heavy atom. The van der Waals surface area contributed by atoms with Crippen LogP contribution in [0.25, 0.3) is 5.65 Å². The summed E-state index contributed by atoms with van der Waals surface area (Å²) in [6, 6.07) is 3.98. The van der Waals surface area contributed by atoms with Crippen molar-refractivity contribution in [3.8, 4) is 0 Å². The number of hydrogen-bond donors (Lipinski definition) is 1.